The largest absolute Gasteiger partial charge is 3.00 e. The van der Waals surface area contributed by atoms with Crippen molar-refractivity contribution in [3.05, 3.63) is 0 Å². The van der Waals surface area contributed by atoms with Crippen molar-refractivity contribution in [1.29, 1.82) is 0 Å². The van der Waals surface area contributed by atoms with E-state index in [-0.39, 0.29) is 182 Å². The van der Waals surface area contributed by atoms with Gasteiger partial charge in [0.25, 0.3) is 0 Å². The molecule has 15 saturated heterocycles. The van der Waals surface area contributed by atoms with Gasteiger partial charge in [-0.2, -0.15) is 0 Å². The molecule has 15 heterocycles. The zero-order valence-corrected chi connectivity index (χ0v) is 82.3. The Bertz CT molecular complexity index is 3960. The molecule has 133 heavy (non-hydrogen) atoms. The van der Waals surface area contributed by atoms with E-state index in [0.717, 1.165) is 38.5 Å². The first kappa shape index (κ1) is 94.6. The van der Waals surface area contributed by atoms with Gasteiger partial charge in [0.05, 0.1) is 194 Å². The first-order valence-corrected chi connectivity index (χ1v) is 59.8. The average molecular weight is 1950 g/mol. The van der Waals surface area contributed by atoms with Crippen LogP contribution in [-0.2, 0) is 47.7 Å². The molecule has 0 aromatic rings. The molecule has 15 aliphatic heterocycles. The van der Waals surface area contributed by atoms with Gasteiger partial charge in [-0.05, 0) is 278 Å². The summed E-state index contributed by atoms with van der Waals surface area (Å²) in [6.45, 7) is 0. The maximum Gasteiger partial charge on any atom is 3.00 e. The molecule has 27 fully saturated rings. The quantitative estimate of drug-likeness (QED) is 0.180. The standard InChI is InChI=1S/3C32H56N8O3S.Cr/c3*41-44(42,43)23-15-7-14-22-24(23)32-39-30-21-13-6-5-12-20(21)28(37-30)35-26-17-9-2-1-8-16(17)25(33-26)34-27-18-10-3-4-11-19(18)29(36-27)38-31(22)40-32;/h3*16-40H,1-15H2,(H,41,42,43);/q;;;+3/p-3. The fourth-order valence-electron chi connectivity index (χ4n) is 37.0. The van der Waals surface area contributed by atoms with E-state index in [2.05, 4.69) is 128 Å². The topological polar surface area (TPSA) is 460 Å². The minimum Gasteiger partial charge on any atom is -0.748 e. The van der Waals surface area contributed by atoms with E-state index < -0.39 is 46.1 Å². The van der Waals surface area contributed by atoms with E-state index in [1.165, 1.54) is 231 Å². The zero-order chi connectivity index (χ0) is 88.7. The van der Waals surface area contributed by atoms with E-state index in [4.69, 9.17) is 0 Å². The third-order valence-corrected chi connectivity index (χ3v) is 46.5. The summed E-state index contributed by atoms with van der Waals surface area (Å²) in [4.78, 5) is 0. The van der Waals surface area contributed by atoms with Crippen LogP contribution in [0.3, 0.4) is 0 Å². The van der Waals surface area contributed by atoms with E-state index >= 15 is 0 Å². The molecule has 1 radical (unpaired) electrons. The predicted octanol–water partition coefficient (Wildman–Crippen LogP) is 3.39. The molecule has 747 valence electrons. The Morgan fingerprint density at radius 1 is 0.128 bits per heavy atom. The molecule has 51 unspecified atom stereocenters. The third kappa shape index (κ3) is 17.9. The van der Waals surface area contributed by atoms with Crippen molar-refractivity contribution in [2.75, 3.05) is 0 Å². The number of hydrogen-bond donors (Lipinski definition) is 24. The van der Waals surface area contributed by atoms with Crippen LogP contribution in [0.2, 0.25) is 0 Å². The molecule has 27 rings (SSSR count). The van der Waals surface area contributed by atoms with Gasteiger partial charge < -0.3 is 13.7 Å². The summed E-state index contributed by atoms with van der Waals surface area (Å²) in [6, 6.07) is 0. The maximum atomic E-state index is 12.7. The Kier molecular flexibility index (Phi) is 27.7. The third-order valence-electron chi connectivity index (χ3n) is 42.6. The second-order valence-electron chi connectivity index (χ2n) is 48.6. The van der Waals surface area contributed by atoms with Gasteiger partial charge in [-0.25, -0.2) is 25.3 Å². The predicted molar refractivity (Wildman–Crippen MR) is 498 cm³/mol. The monoisotopic (exact) mass is 1950 g/mol. The molecule has 0 aromatic heterocycles. The van der Waals surface area contributed by atoms with Crippen LogP contribution in [0.25, 0.3) is 0 Å². The van der Waals surface area contributed by atoms with Gasteiger partial charge in [-0.3, -0.25) is 128 Å². The molecular weight excluding hydrogens is 1780 g/mol. The number of nitrogens with one attached hydrogen (secondary N) is 24. The van der Waals surface area contributed by atoms with Crippen molar-refractivity contribution in [2.24, 2.45) is 142 Å². The fourth-order valence-corrected chi connectivity index (χ4v) is 40.6. The molecule has 0 aromatic carbocycles. The van der Waals surface area contributed by atoms with Crippen LogP contribution in [0.5, 0.6) is 0 Å². The fraction of sp³-hybridized carbons (Fsp3) is 1.00. The van der Waals surface area contributed by atoms with Crippen molar-refractivity contribution < 1.29 is 56.3 Å². The Balaban J connectivity index is 0.000000109. The van der Waals surface area contributed by atoms with Crippen LogP contribution in [-0.4, -0.2) is 203 Å². The minimum atomic E-state index is -4.41. The first-order chi connectivity index (χ1) is 64.3. The van der Waals surface area contributed by atoms with Gasteiger partial charge in [-0.1, -0.05) is 135 Å². The molecule has 0 spiro atoms. The van der Waals surface area contributed by atoms with Crippen LogP contribution >= 0.6 is 0 Å². The number of hydrogen-bond acceptors (Lipinski definition) is 33. The van der Waals surface area contributed by atoms with Crippen molar-refractivity contribution in [3.63, 3.8) is 0 Å². The zero-order valence-electron chi connectivity index (χ0n) is 78.6. The van der Waals surface area contributed by atoms with Gasteiger partial charge in [0.1, 0.15) is 0 Å². The summed E-state index contributed by atoms with van der Waals surface area (Å²) >= 11 is 0. The van der Waals surface area contributed by atoms with Crippen molar-refractivity contribution >= 4 is 30.4 Å². The van der Waals surface area contributed by atoms with E-state index in [9.17, 15) is 38.9 Å². The summed E-state index contributed by atoms with van der Waals surface area (Å²) in [5.74, 6) is 10.0. The number of fused-ring (bicyclic) bond motifs is 60. The minimum absolute atomic E-state index is 0. The van der Waals surface area contributed by atoms with Crippen LogP contribution in [0.4, 0.5) is 0 Å². The molecule has 33 nitrogen and oxygen atoms in total. The molecule has 12 aliphatic carbocycles. The smallest absolute Gasteiger partial charge is 0.748 e. The molecule has 24 bridgehead atoms. The van der Waals surface area contributed by atoms with Gasteiger partial charge in [-0.15, -0.1) is 0 Å². The van der Waals surface area contributed by atoms with Gasteiger partial charge in [0.2, 0.25) is 0 Å². The molecule has 51 atom stereocenters. The Labute approximate surface area is 803 Å². The first-order valence-electron chi connectivity index (χ1n) is 55.4. The molecule has 27 aliphatic rings. The van der Waals surface area contributed by atoms with Crippen molar-refractivity contribution in [3.8, 4) is 0 Å². The van der Waals surface area contributed by atoms with Crippen molar-refractivity contribution in [2.45, 2.75) is 453 Å². The normalized spacial score (nSPS) is 55.1. The summed E-state index contributed by atoms with van der Waals surface area (Å²) in [7, 11) is -13.2. The van der Waals surface area contributed by atoms with Crippen LogP contribution in [0.15, 0.2) is 0 Å². The van der Waals surface area contributed by atoms with Gasteiger partial charge in [0.15, 0.2) is 0 Å². The summed E-state index contributed by atoms with van der Waals surface area (Å²) in [6.07, 6.45) is 55.5. The van der Waals surface area contributed by atoms with Crippen LogP contribution in [0.1, 0.15) is 289 Å². The average Bonchev–Trinajstić information content (AvgIpc) is 1.60. The van der Waals surface area contributed by atoms with Crippen molar-refractivity contribution in [1.82, 2.24) is 128 Å². The van der Waals surface area contributed by atoms with Crippen LogP contribution in [0, 0.1) is 142 Å². The SMILES string of the molecule is O=S(=O)([O-])C1CCCC2C3NC4NC(NC5NC(NC6NC(NC(N3)C21)C1CCCCC61)C1CCCCC51)C1CCCCC41.O=S(=O)([O-])C1CCCC2C3NC4NC(NC5NC(NC6NC(NC(N3)C21)C1CCCCC61)C1CCCCC51)C1CCCCC41.O=S(=O)([O-])C1CCCC2C3NC4NC(NC5NC(NC6NC(NC(N3)C21)C1CCCCC61)C1CCCCC51)C1CCCCC41.[Cr+3]. The number of rotatable bonds is 3. The Hall–Kier alpha value is -0.698. The summed E-state index contributed by atoms with van der Waals surface area (Å²) < 4.78 is 114. The molecule has 0 amide bonds. The molecule has 24 N–H and O–H groups in total. The van der Waals surface area contributed by atoms with Crippen LogP contribution < -0.4 is 128 Å². The maximum absolute atomic E-state index is 12.7. The molecular formula is C96H165CrN24O9S3. The Morgan fingerprint density at radius 2 is 0.218 bits per heavy atom. The van der Waals surface area contributed by atoms with E-state index in [1.54, 1.807) is 0 Å². The Morgan fingerprint density at radius 3 is 0.323 bits per heavy atom. The second kappa shape index (κ2) is 38.9. The van der Waals surface area contributed by atoms with Gasteiger partial charge in [0, 0.05) is 17.8 Å². The van der Waals surface area contributed by atoms with Gasteiger partial charge >= 0.3 is 17.4 Å². The van der Waals surface area contributed by atoms with E-state index in [0.29, 0.717) is 144 Å². The second-order valence-corrected chi connectivity index (χ2v) is 53.4. The molecule has 37 heteroatoms. The summed E-state index contributed by atoms with van der Waals surface area (Å²) in [5.41, 5.74) is 0. The molecule has 12 saturated carbocycles. The summed E-state index contributed by atoms with van der Waals surface area (Å²) in [5, 5.41) is 94.6. The van der Waals surface area contributed by atoms with E-state index in [1.807, 2.05) is 0 Å².